The molecule has 1 heterocycles. The van der Waals surface area contributed by atoms with E-state index in [1.807, 2.05) is 17.2 Å². The van der Waals surface area contributed by atoms with Crippen molar-refractivity contribution in [2.45, 2.75) is 71.3 Å². The SMILES string of the molecule is CCCCC(=O)N(CC(=O)Nc1nc(C)cs1)C1CCCCC1. The van der Waals surface area contributed by atoms with Crippen LogP contribution in [0.4, 0.5) is 5.13 Å². The molecule has 0 atom stereocenters. The first kappa shape index (κ1) is 17.9. The molecule has 128 valence electrons. The van der Waals surface area contributed by atoms with Gasteiger partial charge in [0.25, 0.3) is 0 Å². The zero-order chi connectivity index (χ0) is 16.7. The molecule has 1 aliphatic carbocycles. The Kier molecular flexibility index (Phi) is 7.02. The van der Waals surface area contributed by atoms with Gasteiger partial charge in [0.1, 0.15) is 6.54 Å². The van der Waals surface area contributed by atoms with Crippen LogP contribution in [0.2, 0.25) is 0 Å². The van der Waals surface area contributed by atoms with E-state index in [9.17, 15) is 9.59 Å². The van der Waals surface area contributed by atoms with Crippen LogP contribution in [0.3, 0.4) is 0 Å². The number of anilines is 1. The Balaban J connectivity index is 1.97. The molecule has 1 fully saturated rings. The van der Waals surface area contributed by atoms with Gasteiger partial charge < -0.3 is 10.2 Å². The Morgan fingerprint density at radius 3 is 2.70 bits per heavy atom. The van der Waals surface area contributed by atoms with Crippen molar-refractivity contribution in [1.29, 1.82) is 0 Å². The van der Waals surface area contributed by atoms with E-state index < -0.39 is 0 Å². The van der Waals surface area contributed by atoms with Crippen LogP contribution in [0.1, 0.15) is 64.0 Å². The lowest BCUT2D eigenvalue weighted by Crippen LogP contribution is -2.45. The van der Waals surface area contributed by atoms with Gasteiger partial charge in [0.05, 0.1) is 5.69 Å². The number of carbonyl (C=O) groups excluding carboxylic acids is 2. The first-order valence-electron chi connectivity index (χ1n) is 8.61. The normalized spacial score (nSPS) is 15.4. The lowest BCUT2D eigenvalue weighted by molar-refractivity contribution is -0.137. The molecule has 0 unspecified atom stereocenters. The minimum Gasteiger partial charge on any atom is -0.330 e. The largest absolute Gasteiger partial charge is 0.330 e. The summed E-state index contributed by atoms with van der Waals surface area (Å²) in [5, 5.41) is 5.33. The summed E-state index contributed by atoms with van der Waals surface area (Å²) in [4.78, 5) is 30.9. The van der Waals surface area contributed by atoms with Crippen molar-refractivity contribution >= 4 is 28.3 Å². The maximum Gasteiger partial charge on any atom is 0.245 e. The summed E-state index contributed by atoms with van der Waals surface area (Å²) >= 11 is 1.42. The third-order valence-electron chi connectivity index (χ3n) is 4.26. The second-order valence-corrected chi connectivity index (χ2v) is 7.12. The van der Waals surface area contributed by atoms with Crippen LogP contribution in [0.25, 0.3) is 0 Å². The van der Waals surface area contributed by atoms with E-state index >= 15 is 0 Å². The number of thiazole rings is 1. The summed E-state index contributed by atoms with van der Waals surface area (Å²) in [5.74, 6) is -0.0287. The lowest BCUT2D eigenvalue weighted by atomic mass is 9.93. The van der Waals surface area contributed by atoms with Gasteiger partial charge in [0, 0.05) is 17.8 Å². The maximum atomic E-state index is 12.5. The zero-order valence-electron chi connectivity index (χ0n) is 14.1. The van der Waals surface area contributed by atoms with Crippen LogP contribution < -0.4 is 5.32 Å². The molecule has 0 aromatic carbocycles. The van der Waals surface area contributed by atoms with E-state index in [-0.39, 0.29) is 24.4 Å². The number of nitrogens with one attached hydrogen (secondary N) is 1. The standard InChI is InChI=1S/C17H27N3O2S/c1-3-4-10-16(22)20(14-8-6-5-7-9-14)11-15(21)19-17-18-13(2)12-23-17/h12,14H,3-11H2,1-2H3,(H,18,19,21). The van der Waals surface area contributed by atoms with Crippen LogP contribution in [-0.4, -0.2) is 34.3 Å². The Morgan fingerprint density at radius 2 is 2.09 bits per heavy atom. The lowest BCUT2D eigenvalue weighted by Gasteiger charge is -2.34. The molecule has 23 heavy (non-hydrogen) atoms. The fourth-order valence-corrected chi connectivity index (χ4v) is 3.71. The van der Waals surface area contributed by atoms with Crippen LogP contribution in [0.5, 0.6) is 0 Å². The summed E-state index contributed by atoms with van der Waals surface area (Å²) in [6, 6.07) is 0.219. The Morgan fingerprint density at radius 1 is 1.35 bits per heavy atom. The first-order valence-corrected chi connectivity index (χ1v) is 9.49. The smallest absolute Gasteiger partial charge is 0.245 e. The van der Waals surface area contributed by atoms with E-state index in [1.54, 1.807) is 0 Å². The molecule has 2 rings (SSSR count). The number of nitrogens with zero attached hydrogens (tertiary/aromatic N) is 2. The average molecular weight is 337 g/mol. The molecule has 1 aromatic rings. The quantitative estimate of drug-likeness (QED) is 0.824. The van der Waals surface area contributed by atoms with Crippen LogP contribution in [0.15, 0.2) is 5.38 Å². The van der Waals surface area contributed by atoms with Crippen molar-refractivity contribution in [3.63, 3.8) is 0 Å². The predicted molar refractivity (Wildman–Crippen MR) is 93.6 cm³/mol. The van der Waals surface area contributed by atoms with Gasteiger partial charge in [-0.25, -0.2) is 4.98 Å². The van der Waals surface area contributed by atoms with E-state index in [2.05, 4.69) is 17.2 Å². The second-order valence-electron chi connectivity index (χ2n) is 6.26. The third kappa shape index (κ3) is 5.61. The molecule has 0 radical (unpaired) electrons. The van der Waals surface area contributed by atoms with Crippen LogP contribution in [-0.2, 0) is 9.59 Å². The van der Waals surface area contributed by atoms with Gasteiger partial charge in [-0.2, -0.15) is 0 Å². The van der Waals surface area contributed by atoms with Gasteiger partial charge in [-0.05, 0) is 26.2 Å². The van der Waals surface area contributed by atoms with Gasteiger partial charge in [-0.15, -0.1) is 11.3 Å². The number of hydrogen-bond donors (Lipinski definition) is 1. The maximum absolute atomic E-state index is 12.5. The highest BCUT2D eigenvalue weighted by molar-refractivity contribution is 7.13. The fraction of sp³-hybridized carbons (Fsp3) is 0.706. The van der Waals surface area contributed by atoms with E-state index in [4.69, 9.17) is 0 Å². The van der Waals surface area contributed by atoms with Crippen LogP contribution in [0, 0.1) is 6.92 Å². The summed E-state index contributed by atoms with van der Waals surface area (Å²) in [5.41, 5.74) is 0.897. The number of aryl methyl sites for hydroxylation is 1. The van der Waals surface area contributed by atoms with Gasteiger partial charge in [0.15, 0.2) is 5.13 Å². The Bertz CT molecular complexity index is 524. The number of unbranched alkanes of at least 4 members (excludes halogenated alkanes) is 1. The molecule has 0 bridgehead atoms. The molecule has 0 saturated heterocycles. The minimum absolute atomic E-state index is 0.115. The van der Waals surface area contributed by atoms with E-state index in [1.165, 1.54) is 17.8 Å². The molecular formula is C17H27N3O2S. The summed E-state index contributed by atoms with van der Waals surface area (Å²) in [6.07, 6.45) is 7.98. The van der Waals surface area contributed by atoms with Crippen molar-refractivity contribution in [3.05, 3.63) is 11.1 Å². The van der Waals surface area contributed by atoms with Gasteiger partial charge in [-0.1, -0.05) is 32.6 Å². The average Bonchev–Trinajstić information content (AvgIpc) is 2.96. The predicted octanol–water partition coefficient (Wildman–Crippen LogP) is 3.74. The topological polar surface area (TPSA) is 62.3 Å². The van der Waals surface area contributed by atoms with E-state index in [0.717, 1.165) is 44.2 Å². The van der Waals surface area contributed by atoms with Crippen molar-refractivity contribution in [3.8, 4) is 0 Å². The van der Waals surface area contributed by atoms with Gasteiger partial charge in [-0.3, -0.25) is 9.59 Å². The Labute approximate surface area is 142 Å². The molecule has 1 saturated carbocycles. The molecule has 6 heteroatoms. The van der Waals surface area contributed by atoms with Gasteiger partial charge >= 0.3 is 0 Å². The second kappa shape index (κ2) is 9.01. The number of aromatic nitrogens is 1. The van der Waals surface area contributed by atoms with Crippen molar-refractivity contribution < 1.29 is 9.59 Å². The molecule has 2 amide bonds. The molecule has 1 aromatic heterocycles. The molecular weight excluding hydrogens is 310 g/mol. The molecule has 0 aliphatic heterocycles. The summed E-state index contributed by atoms with van der Waals surface area (Å²) in [6.45, 7) is 4.12. The number of amides is 2. The number of carbonyl (C=O) groups is 2. The molecule has 5 nitrogen and oxygen atoms in total. The molecule has 0 spiro atoms. The minimum atomic E-state index is -0.144. The summed E-state index contributed by atoms with van der Waals surface area (Å²) < 4.78 is 0. The Hall–Kier alpha value is -1.43. The fourth-order valence-electron chi connectivity index (χ4n) is 3.01. The number of hydrogen-bond acceptors (Lipinski definition) is 4. The highest BCUT2D eigenvalue weighted by Gasteiger charge is 2.27. The van der Waals surface area contributed by atoms with Crippen molar-refractivity contribution in [2.24, 2.45) is 0 Å². The highest BCUT2D eigenvalue weighted by atomic mass is 32.1. The monoisotopic (exact) mass is 337 g/mol. The third-order valence-corrected chi connectivity index (χ3v) is 5.13. The van der Waals surface area contributed by atoms with Crippen LogP contribution >= 0.6 is 11.3 Å². The summed E-state index contributed by atoms with van der Waals surface area (Å²) in [7, 11) is 0. The highest BCUT2D eigenvalue weighted by Crippen LogP contribution is 2.24. The van der Waals surface area contributed by atoms with E-state index in [0.29, 0.717) is 11.6 Å². The zero-order valence-corrected chi connectivity index (χ0v) is 15.0. The molecule has 1 N–H and O–H groups in total. The van der Waals surface area contributed by atoms with Crippen molar-refractivity contribution in [1.82, 2.24) is 9.88 Å². The molecule has 1 aliphatic rings. The van der Waals surface area contributed by atoms with Crippen molar-refractivity contribution in [2.75, 3.05) is 11.9 Å². The number of rotatable bonds is 7. The van der Waals surface area contributed by atoms with Gasteiger partial charge in [0.2, 0.25) is 11.8 Å². The first-order chi connectivity index (χ1) is 11.1.